The fraction of sp³-hybridized carbons (Fsp3) is 0.438. The summed E-state index contributed by atoms with van der Waals surface area (Å²) >= 11 is 0. The van der Waals surface area contributed by atoms with Crippen LogP contribution in [0.15, 0.2) is 24.3 Å². The van der Waals surface area contributed by atoms with Crippen LogP contribution in [-0.4, -0.2) is 27.8 Å². The lowest BCUT2D eigenvalue weighted by Crippen LogP contribution is -2.31. The summed E-state index contributed by atoms with van der Waals surface area (Å²) in [7, 11) is 0. The Balaban J connectivity index is 1.82. The first-order valence-corrected chi connectivity index (χ1v) is 7.77. The summed E-state index contributed by atoms with van der Waals surface area (Å²) in [5, 5.41) is 12.3. The number of urea groups is 1. The van der Waals surface area contributed by atoms with Gasteiger partial charge in [-0.2, -0.15) is 5.10 Å². The van der Waals surface area contributed by atoms with Crippen molar-refractivity contribution in [1.29, 1.82) is 0 Å². The number of unbranched alkanes of at least 4 members (excludes halogenated alkanes) is 1. The van der Waals surface area contributed by atoms with E-state index in [1.807, 2.05) is 38.1 Å². The van der Waals surface area contributed by atoms with E-state index in [1.165, 1.54) is 0 Å². The molecule has 0 bridgehead atoms. The largest absolute Gasteiger partial charge is 0.494 e. The van der Waals surface area contributed by atoms with Crippen LogP contribution in [0.1, 0.15) is 44.4 Å². The molecule has 0 aliphatic carbocycles. The molecule has 1 atom stereocenters. The fourth-order valence-corrected chi connectivity index (χ4v) is 1.95. The van der Waals surface area contributed by atoms with Gasteiger partial charge in [-0.25, -0.2) is 9.78 Å². The molecule has 0 saturated carbocycles. The number of H-pyrrole nitrogens is 1. The number of rotatable bonds is 7. The summed E-state index contributed by atoms with van der Waals surface area (Å²) in [6.07, 6.45) is 2.13. The minimum absolute atomic E-state index is 0.281. The van der Waals surface area contributed by atoms with Gasteiger partial charge in [-0.15, -0.1) is 0 Å². The number of aromatic nitrogens is 3. The number of nitrogens with zero attached hydrogens (tertiary/aromatic N) is 2. The standard InChI is InChI=1S/C16H23N5O2/c1-4-5-10-23-14-8-6-13(7-9-14)19-16(22)17-11(2)15-18-12(3)20-21-15/h6-9,11H,4-5,10H2,1-3H3,(H2,17,19,22)(H,18,20,21)/t11-/m0/s1. The van der Waals surface area contributed by atoms with Crippen molar-refractivity contribution in [3.8, 4) is 5.75 Å². The van der Waals surface area contributed by atoms with E-state index >= 15 is 0 Å². The van der Waals surface area contributed by atoms with Crippen LogP contribution in [0.3, 0.4) is 0 Å². The lowest BCUT2D eigenvalue weighted by molar-refractivity contribution is 0.249. The zero-order chi connectivity index (χ0) is 16.7. The molecule has 1 aromatic carbocycles. The van der Waals surface area contributed by atoms with Gasteiger partial charge in [0.05, 0.1) is 12.6 Å². The topological polar surface area (TPSA) is 91.9 Å². The molecule has 1 aromatic heterocycles. The van der Waals surface area contributed by atoms with E-state index in [2.05, 4.69) is 32.7 Å². The van der Waals surface area contributed by atoms with Crippen LogP contribution in [0.4, 0.5) is 10.5 Å². The van der Waals surface area contributed by atoms with E-state index in [1.54, 1.807) is 0 Å². The third-order valence-electron chi connectivity index (χ3n) is 3.23. The van der Waals surface area contributed by atoms with Crippen molar-refractivity contribution in [3.63, 3.8) is 0 Å². The smallest absolute Gasteiger partial charge is 0.319 e. The van der Waals surface area contributed by atoms with Gasteiger partial charge in [-0.1, -0.05) is 13.3 Å². The zero-order valence-corrected chi connectivity index (χ0v) is 13.7. The van der Waals surface area contributed by atoms with Crippen molar-refractivity contribution in [3.05, 3.63) is 35.9 Å². The van der Waals surface area contributed by atoms with E-state index in [0.717, 1.165) is 18.6 Å². The Morgan fingerprint density at radius 1 is 1.35 bits per heavy atom. The molecule has 1 heterocycles. The van der Waals surface area contributed by atoms with Crippen molar-refractivity contribution >= 4 is 11.7 Å². The lowest BCUT2D eigenvalue weighted by atomic mass is 10.3. The predicted molar refractivity (Wildman–Crippen MR) is 88.5 cm³/mol. The molecule has 3 N–H and O–H groups in total. The van der Waals surface area contributed by atoms with E-state index in [4.69, 9.17) is 4.74 Å². The Morgan fingerprint density at radius 3 is 2.70 bits per heavy atom. The van der Waals surface area contributed by atoms with Crippen LogP contribution in [0.2, 0.25) is 0 Å². The average Bonchev–Trinajstić information content (AvgIpc) is 2.96. The van der Waals surface area contributed by atoms with Crippen molar-refractivity contribution in [1.82, 2.24) is 20.5 Å². The molecule has 0 aliphatic heterocycles. The monoisotopic (exact) mass is 317 g/mol. The minimum Gasteiger partial charge on any atom is -0.494 e. The number of nitrogens with one attached hydrogen (secondary N) is 3. The quantitative estimate of drug-likeness (QED) is 0.684. The maximum absolute atomic E-state index is 12.0. The van der Waals surface area contributed by atoms with Gasteiger partial charge in [0.2, 0.25) is 0 Å². The first-order valence-electron chi connectivity index (χ1n) is 7.77. The number of anilines is 1. The number of amides is 2. The Morgan fingerprint density at radius 2 is 2.09 bits per heavy atom. The number of benzene rings is 1. The number of hydrogen-bond acceptors (Lipinski definition) is 4. The molecule has 7 heteroatoms. The average molecular weight is 317 g/mol. The van der Waals surface area contributed by atoms with Gasteiger partial charge >= 0.3 is 6.03 Å². The van der Waals surface area contributed by atoms with Gasteiger partial charge in [-0.05, 0) is 44.5 Å². The molecule has 0 aliphatic rings. The molecular formula is C16H23N5O2. The van der Waals surface area contributed by atoms with Gasteiger partial charge in [0.25, 0.3) is 0 Å². The zero-order valence-electron chi connectivity index (χ0n) is 13.7. The van der Waals surface area contributed by atoms with E-state index in [0.29, 0.717) is 23.9 Å². The Bertz CT molecular complexity index is 624. The highest BCUT2D eigenvalue weighted by molar-refractivity contribution is 5.89. The first kappa shape index (κ1) is 16.8. The van der Waals surface area contributed by atoms with Gasteiger partial charge in [-0.3, -0.25) is 5.10 Å². The predicted octanol–water partition coefficient (Wildman–Crippen LogP) is 3.17. The van der Waals surface area contributed by atoms with Gasteiger partial charge in [0.1, 0.15) is 11.6 Å². The van der Waals surface area contributed by atoms with Crippen LogP contribution in [0, 0.1) is 6.92 Å². The van der Waals surface area contributed by atoms with Crippen LogP contribution in [-0.2, 0) is 0 Å². The van der Waals surface area contributed by atoms with Crippen molar-refractivity contribution in [2.24, 2.45) is 0 Å². The maximum Gasteiger partial charge on any atom is 0.319 e. The van der Waals surface area contributed by atoms with Gasteiger partial charge < -0.3 is 15.4 Å². The third-order valence-corrected chi connectivity index (χ3v) is 3.23. The number of carbonyl (C=O) groups excluding carboxylic acids is 1. The molecule has 7 nitrogen and oxygen atoms in total. The molecule has 0 fully saturated rings. The maximum atomic E-state index is 12.0. The molecule has 2 aromatic rings. The highest BCUT2D eigenvalue weighted by Crippen LogP contribution is 2.16. The van der Waals surface area contributed by atoms with Crippen LogP contribution < -0.4 is 15.4 Å². The normalized spacial score (nSPS) is 11.8. The van der Waals surface area contributed by atoms with E-state index in [-0.39, 0.29) is 12.1 Å². The molecule has 0 radical (unpaired) electrons. The number of ether oxygens (including phenoxy) is 1. The molecule has 124 valence electrons. The second-order valence-corrected chi connectivity index (χ2v) is 5.33. The number of aromatic amines is 1. The van der Waals surface area contributed by atoms with E-state index in [9.17, 15) is 4.79 Å². The van der Waals surface area contributed by atoms with Crippen LogP contribution in [0.25, 0.3) is 0 Å². The highest BCUT2D eigenvalue weighted by atomic mass is 16.5. The van der Waals surface area contributed by atoms with E-state index < -0.39 is 0 Å². The summed E-state index contributed by atoms with van der Waals surface area (Å²) in [6.45, 7) is 6.47. The lowest BCUT2D eigenvalue weighted by Gasteiger charge is -2.12. The summed E-state index contributed by atoms with van der Waals surface area (Å²) in [4.78, 5) is 16.2. The second kappa shape index (κ2) is 8.17. The molecular weight excluding hydrogens is 294 g/mol. The summed E-state index contributed by atoms with van der Waals surface area (Å²) < 4.78 is 5.58. The summed E-state index contributed by atoms with van der Waals surface area (Å²) in [6, 6.07) is 6.71. The first-order chi connectivity index (χ1) is 11.1. The van der Waals surface area contributed by atoms with Crippen molar-refractivity contribution in [2.75, 3.05) is 11.9 Å². The van der Waals surface area contributed by atoms with Gasteiger partial charge in [0.15, 0.2) is 5.82 Å². The Kier molecular flexibility index (Phi) is 5.96. The molecule has 0 unspecified atom stereocenters. The van der Waals surface area contributed by atoms with Gasteiger partial charge in [0, 0.05) is 5.69 Å². The molecule has 0 saturated heterocycles. The molecule has 2 amide bonds. The SMILES string of the molecule is CCCCOc1ccc(NC(=O)N[C@@H](C)c2n[nH]c(C)n2)cc1. The summed E-state index contributed by atoms with van der Waals surface area (Å²) in [5.74, 6) is 2.07. The van der Waals surface area contributed by atoms with Crippen molar-refractivity contribution in [2.45, 2.75) is 39.7 Å². The molecule has 2 rings (SSSR count). The third kappa shape index (κ3) is 5.28. The fourth-order valence-electron chi connectivity index (χ4n) is 1.95. The summed E-state index contributed by atoms with van der Waals surface area (Å²) in [5.41, 5.74) is 0.698. The highest BCUT2D eigenvalue weighted by Gasteiger charge is 2.13. The Hall–Kier alpha value is -2.57. The molecule has 0 spiro atoms. The second-order valence-electron chi connectivity index (χ2n) is 5.33. The van der Waals surface area contributed by atoms with Crippen LogP contribution >= 0.6 is 0 Å². The Labute approximate surface area is 135 Å². The number of aryl methyl sites for hydroxylation is 1. The number of carbonyl (C=O) groups is 1. The van der Waals surface area contributed by atoms with Crippen molar-refractivity contribution < 1.29 is 9.53 Å². The van der Waals surface area contributed by atoms with Crippen LogP contribution in [0.5, 0.6) is 5.75 Å². The number of hydrogen-bond donors (Lipinski definition) is 3. The minimum atomic E-state index is -0.306. The molecule has 23 heavy (non-hydrogen) atoms.